The Morgan fingerprint density at radius 2 is 2.05 bits per heavy atom. The van der Waals surface area contributed by atoms with E-state index in [0.717, 1.165) is 27.8 Å². The number of fused-ring (bicyclic) bond motifs is 1. The number of nitrogens with one attached hydrogen (secondary N) is 1. The zero-order chi connectivity index (χ0) is 14.7. The van der Waals surface area contributed by atoms with Gasteiger partial charge >= 0.3 is 5.97 Å². The summed E-state index contributed by atoms with van der Waals surface area (Å²) in [5, 5.41) is 11.8. The molecule has 1 amide bonds. The number of hydrogen-bond acceptors (Lipinski definition) is 6. The lowest BCUT2D eigenvalue weighted by atomic mass is 10.4. The molecule has 0 fully saturated rings. The van der Waals surface area contributed by atoms with Crippen molar-refractivity contribution in [3.63, 3.8) is 0 Å². The van der Waals surface area contributed by atoms with E-state index in [4.69, 9.17) is 5.11 Å². The highest BCUT2D eigenvalue weighted by Gasteiger charge is 2.16. The molecule has 2 aromatic heterocycles. The third kappa shape index (κ3) is 3.07. The summed E-state index contributed by atoms with van der Waals surface area (Å²) in [4.78, 5) is 30.1. The van der Waals surface area contributed by atoms with E-state index in [1.807, 2.05) is 0 Å². The molecule has 2 N–H and O–H groups in total. The van der Waals surface area contributed by atoms with Gasteiger partial charge < -0.3 is 15.3 Å². The molecule has 20 heavy (non-hydrogen) atoms. The minimum atomic E-state index is -1.06. The first-order valence-electron chi connectivity index (χ1n) is 6.20. The molecule has 0 aliphatic carbocycles. The molecule has 0 saturated heterocycles. The molecule has 0 spiro atoms. The third-order valence-electron chi connectivity index (χ3n) is 2.74. The predicted molar refractivity (Wildman–Crippen MR) is 81.0 cm³/mol. The topological polar surface area (TPSA) is 82.5 Å². The van der Waals surface area contributed by atoms with E-state index >= 15 is 0 Å². The first-order valence-corrected chi connectivity index (χ1v) is 7.83. The fourth-order valence-electron chi connectivity index (χ4n) is 1.71. The Morgan fingerprint density at radius 1 is 1.35 bits per heavy atom. The van der Waals surface area contributed by atoms with Gasteiger partial charge in [-0.15, -0.1) is 11.3 Å². The van der Waals surface area contributed by atoms with Crippen LogP contribution in [0.5, 0.6) is 0 Å². The van der Waals surface area contributed by atoms with Gasteiger partial charge in [0, 0.05) is 13.1 Å². The van der Waals surface area contributed by atoms with Crippen LogP contribution in [0.4, 0.5) is 5.13 Å². The molecule has 6 nitrogen and oxygen atoms in total. The van der Waals surface area contributed by atoms with Gasteiger partial charge in [0.25, 0.3) is 5.91 Å². The number of carboxylic acid groups (broad SMARTS) is 1. The average Bonchev–Trinajstić information content (AvgIpc) is 2.95. The van der Waals surface area contributed by atoms with Crippen molar-refractivity contribution < 1.29 is 14.7 Å². The van der Waals surface area contributed by atoms with Gasteiger partial charge in [-0.1, -0.05) is 11.3 Å². The number of amides is 1. The van der Waals surface area contributed by atoms with Crippen LogP contribution >= 0.6 is 22.7 Å². The number of carbonyl (C=O) groups is 2. The quantitative estimate of drug-likeness (QED) is 0.852. The van der Waals surface area contributed by atoms with Crippen molar-refractivity contribution >= 4 is 49.2 Å². The van der Waals surface area contributed by atoms with E-state index in [1.165, 1.54) is 11.3 Å². The number of anilines is 1. The van der Waals surface area contributed by atoms with Crippen LogP contribution in [0, 0.1) is 0 Å². The Labute approximate surface area is 124 Å². The molecule has 108 valence electrons. The monoisotopic (exact) mass is 313 g/mol. The molecule has 8 heteroatoms. The van der Waals surface area contributed by atoms with Crippen LogP contribution in [0.15, 0.2) is 6.07 Å². The summed E-state index contributed by atoms with van der Waals surface area (Å²) in [6, 6.07) is 1.77. The highest BCUT2D eigenvalue weighted by atomic mass is 32.1. The molecular formula is C12H15N3O3S2. The number of thiazole rings is 1. The largest absolute Gasteiger partial charge is 0.480 e. The molecule has 0 aliphatic heterocycles. The Hall–Kier alpha value is -1.67. The lowest BCUT2D eigenvalue weighted by Gasteiger charge is -2.16. The summed E-state index contributed by atoms with van der Waals surface area (Å²) >= 11 is 2.83. The van der Waals surface area contributed by atoms with Gasteiger partial charge in [-0.3, -0.25) is 9.59 Å². The molecule has 0 radical (unpaired) electrons. The number of nitrogens with zero attached hydrogens (tertiary/aromatic N) is 2. The normalized spacial score (nSPS) is 10.7. The van der Waals surface area contributed by atoms with E-state index in [0.29, 0.717) is 4.88 Å². The second kappa shape index (κ2) is 6.19. The zero-order valence-electron chi connectivity index (χ0n) is 11.2. The van der Waals surface area contributed by atoms with Gasteiger partial charge in [-0.05, 0) is 19.9 Å². The van der Waals surface area contributed by atoms with Crippen LogP contribution in [0.2, 0.25) is 0 Å². The number of rotatable bonds is 6. The Morgan fingerprint density at radius 3 is 2.60 bits per heavy atom. The number of thiophene rings is 1. The summed E-state index contributed by atoms with van der Waals surface area (Å²) in [5.74, 6) is -1.43. The first kappa shape index (κ1) is 14.7. The van der Waals surface area contributed by atoms with E-state index in [9.17, 15) is 9.59 Å². The lowest BCUT2D eigenvalue weighted by Crippen LogP contribution is -2.28. The summed E-state index contributed by atoms with van der Waals surface area (Å²) in [7, 11) is 0. The van der Waals surface area contributed by atoms with Crippen molar-refractivity contribution in [3.8, 4) is 0 Å². The highest BCUT2D eigenvalue weighted by molar-refractivity contribution is 7.29. The predicted octanol–water partition coefficient (Wildman–Crippen LogP) is 2.02. The molecule has 0 saturated carbocycles. The summed E-state index contributed by atoms with van der Waals surface area (Å²) in [6.07, 6.45) is 0. The van der Waals surface area contributed by atoms with Gasteiger partial charge in [0.2, 0.25) is 0 Å². The van der Waals surface area contributed by atoms with Crippen molar-refractivity contribution in [2.45, 2.75) is 13.8 Å². The summed E-state index contributed by atoms with van der Waals surface area (Å²) in [5.41, 5.74) is 0. The Balaban J connectivity index is 2.17. The molecular weight excluding hydrogens is 298 g/mol. The molecule has 0 aliphatic rings. The second-order valence-corrected chi connectivity index (χ2v) is 6.06. The second-order valence-electron chi connectivity index (χ2n) is 4.03. The molecule has 2 rings (SSSR count). The molecule has 0 aromatic carbocycles. The number of hydrogen-bond donors (Lipinski definition) is 2. The van der Waals surface area contributed by atoms with Gasteiger partial charge in [0.15, 0.2) is 5.13 Å². The van der Waals surface area contributed by atoms with Gasteiger partial charge in [0.1, 0.15) is 11.4 Å². The van der Waals surface area contributed by atoms with Crippen LogP contribution in [0.1, 0.15) is 23.5 Å². The molecule has 0 bridgehead atoms. The lowest BCUT2D eigenvalue weighted by molar-refractivity contribution is -0.135. The van der Waals surface area contributed by atoms with E-state index < -0.39 is 5.97 Å². The summed E-state index contributed by atoms with van der Waals surface area (Å²) < 4.78 is 0.956. The fourth-order valence-corrected chi connectivity index (χ4v) is 3.96. The standard InChI is InChI=1S/C12H15N3O3S2/c1-3-15(4-2)12-14-11-8(20-12)5-7(19-11)10(18)13-6-9(16)17/h5H,3-4,6H2,1-2H3,(H,13,18)(H,16,17). The van der Waals surface area contributed by atoms with E-state index in [2.05, 4.69) is 29.0 Å². The highest BCUT2D eigenvalue weighted by Crippen LogP contribution is 2.34. The summed E-state index contributed by atoms with van der Waals surface area (Å²) in [6.45, 7) is 5.56. The number of carboxylic acids is 1. The van der Waals surface area contributed by atoms with Crippen LogP contribution < -0.4 is 10.2 Å². The van der Waals surface area contributed by atoms with Crippen molar-refractivity contribution in [1.29, 1.82) is 0 Å². The van der Waals surface area contributed by atoms with Crippen LogP contribution in [-0.4, -0.2) is 41.6 Å². The fraction of sp³-hybridized carbons (Fsp3) is 0.417. The van der Waals surface area contributed by atoms with Crippen LogP contribution in [-0.2, 0) is 4.79 Å². The SMILES string of the molecule is CCN(CC)c1nc2sc(C(=O)NCC(=O)O)cc2s1. The van der Waals surface area contributed by atoms with Crippen LogP contribution in [0.25, 0.3) is 9.53 Å². The zero-order valence-corrected chi connectivity index (χ0v) is 12.8. The number of aromatic nitrogens is 1. The molecule has 0 atom stereocenters. The third-order valence-corrected chi connectivity index (χ3v) is 4.96. The number of carbonyl (C=O) groups excluding carboxylic acids is 1. The van der Waals surface area contributed by atoms with Crippen molar-refractivity contribution in [3.05, 3.63) is 10.9 Å². The first-order chi connectivity index (χ1) is 9.55. The average molecular weight is 313 g/mol. The van der Waals surface area contributed by atoms with Crippen molar-refractivity contribution in [2.24, 2.45) is 0 Å². The molecule has 0 unspecified atom stereocenters. The van der Waals surface area contributed by atoms with Crippen molar-refractivity contribution in [2.75, 3.05) is 24.5 Å². The maximum absolute atomic E-state index is 11.8. The van der Waals surface area contributed by atoms with Gasteiger partial charge in [-0.25, -0.2) is 4.98 Å². The minimum Gasteiger partial charge on any atom is -0.480 e. The minimum absolute atomic E-state index is 0.369. The molecule has 2 aromatic rings. The van der Waals surface area contributed by atoms with Gasteiger partial charge in [-0.2, -0.15) is 0 Å². The van der Waals surface area contributed by atoms with Crippen molar-refractivity contribution in [1.82, 2.24) is 10.3 Å². The number of aliphatic carboxylic acids is 1. The smallest absolute Gasteiger partial charge is 0.322 e. The Bertz CT molecular complexity index is 599. The Kier molecular flexibility index (Phi) is 4.56. The van der Waals surface area contributed by atoms with E-state index in [-0.39, 0.29) is 12.5 Å². The van der Waals surface area contributed by atoms with Crippen LogP contribution in [0.3, 0.4) is 0 Å². The van der Waals surface area contributed by atoms with E-state index in [1.54, 1.807) is 17.4 Å². The maximum atomic E-state index is 11.8. The molecule has 2 heterocycles. The maximum Gasteiger partial charge on any atom is 0.322 e. The van der Waals surface area contributed by atoms with Gasteiger partial charge in [0.05, 0.1) is 9.58 Å².